The van der Waals surface area contributed by atoms with Crippen LogP contribution in [0.4, 0.5) is 0 Å². The van der Waals surface area contributed by atoms with E-state index in [9.17, 15) is 0 Å². The van der Waals surface area contributed by atoms with E-state index in [4.69, 9.17) is 0 Å². The summed E-state index contributed by atoms with van der Waals surface area (Å²) in [5.41, 5.74) is 5.22. The van der Waals surface area contributed by atoms with Crippen molar-refractivity contribution in [2.24, 2.45) is 11.8 Å². The predicted molar refractivity (Wildman–Crippen MR) is 115 cm³/mol. The minimum Gasteiger partial charge on any atom is -0.361 e. The zero-order valence-electron chi connectivity index (χ0n) is 15.6. The van der Waals surface area contributed by atoms with E-state index < -0.39 is 0 Å². The Hall–Kier alpha value is -3.04. The molecule has 3 nitrogen and oxygen atoms in total. The van der Waals surface area contributed by atoms with Crippen LogP contribution in [0.15, 0.2) is 85.2 Å². The summed E-state index contributed by atoms with van der Waals surface area (Å²) in [5.74, 6) is 1.34. The van der Waals surface area contributed by atoms with Gasteiger partial charge in [0.05, 0.1) is 0 Å². The second-order valence-corrected chi connectivity index (χ2v) is 8.00. The lowest BCUT2D eigenvalue weighted by Crippen LogP contribution is -2.26. The molecule has 3 N–H and O–H groups in total. The van der Waals surface area contributed by atoms with Crippen molar-refractivity contribution < 1.29 is 0 Å². The van der Waals surface area contributed by atoms with Crippen molar-refractivity contribution in [3.8, 4) is 0 Å². The summed E-state index contributed by atoms with van der Waals surface area (Å²) in [6, 6.07) is 17.8. The van der Waals surface area contributed by atoms with Crippen molar-refractivity contribution in [2.45, 2.75) is 12.0 Å². The Bertz CT molecular complexity index is 1130. The fourth-order valence-corrected chi connectivity index (χ4v) is 5.32. The molecule has 0 spiro atoms. The number of allylic oxidation sites excluding steroid dienone is 2. The second-order valence-electron chi connectivity index (χ2n) is 8.00. The molecular formula is C25H23N3. The fourth-order valence-electron chi connectivity index (χ4n) is 5.32. The summed E-state index contributed by atoms with van der Waals surface area (Å²) in [7, 11) is 0. The van der Waals surface area contributed by atoms with Crippen LogP contribution < -0.4 is 5.32 Å². The zero-order chi connectivity index (χ0) is 18.5. The molecule has 3 heteroatoms. The summed E-state index contributed by atoms with van der Waals surface area (Å²) in [6.07, 6.45) is 13.5. The van der Waals surface area contributed by atoms with Gasteiger partial charge in [0, 0.05) is 58.6 Å². The minimum atomic E-state index is 0.325. The van der Waals surface area contributed by atoms with Crippen LogP contribution in [-0.2, 0) is 0 Å². The van der Waals surface area contributed by atoms with Gasteiger partial charge in [0.2, 0.25) is 0 Å². The van der Waals surface area contributed by atoms with Crippen molar-refractivity contribution in [3.63, 3.8) is 0 Å². The number of fused-ring (bicyclic) bond motifs is 3. The Kier molecular flexibility index (Phi) is 3.56. The van der Waals surface area contributed by atoms with E-state index in [1.165, 1.54) is 32.9 Å². The molecule has 0 bridgehead atoms. The number of hydrogen-bond donors (Lipinski definition) is 3. The van der Waals surface area contributed by atoms with E-state index in [1.807, 2.05) is 0 Å². The lowest BCUT2D eigenvalue weighted by atomic mass is 9.73. The number of aromatic nitrogens is 2. The van der Waals surface area contributed by atoms with Gasteiger partial charge in [-0.1, -0.05) is 60.7 Å². The predicted octanol–water partition coefficient (Wildman–Crippen LogP) is 5.11. The molecule has 0 radical (unpaired) electrons. The van der Waals surface area contributed by atoms with E-state index in [0.29, 0.717) is 23.8 Å². The molecule has 0 saturated carbocycles. The molecule has 3 heterocycles. The molecule has 0 amide bonds. The van der Waals surface area contributed by atoms with E-state index in [1.54, 1.807) is 0 Å². The van der Waals surface area contributed by atoms with Gasteiger partial charge in [-0.15, -0.1) is 0 Å². The molecule has 138 valence electrons. The average Bonchev–Trinajstić information content (AvgIpc) is 3.47. The first kappa shape index (κ1) is 16.0. The lowest BCUT2D eigenvalue weighted by molar-refractivity contribution is 0.423. The number of para-hydroxylation sites is 2. The Labute approximate surface area is 164 Å². The molecule has 1 aliphatic carbocycles. The van der Waals surface area contributed by atoms with Crippen LogP contribution in [0.1, 0.15) is 17.0 Å². The van der Waals surface area contributed by atoms with E-state index >= 15 is 0 Å². The Morgan fingerprint density at radius 1 is 0.750 bits per heavy atom. The number of aromatic amines is 2. The molecule has 1 saturated heterocycles. The van der Waals surface area contributed by atoms with Gasteiger partial charge in [0.1, 0.15) is 0 Å². The summed E-state index contributed by atoms with van der Waals surface area (Å²) in [5, 5.41) is 6.41. The first-order valence-corrected chi connectivity index (χ1v) is 10.1. The third kappa shape index (κ3) is 2.33. The summed E-state index contributed by atoms with van der Waals surface area (Å²) < 4.78 is 0. The molecular weight excluding hydrogens is 342 g/mol. The Balaban J connectivity index is 1.57. The van der Waals surface area contributed by atoms with Crippen LogP contribution in [0.3, 0.4) is 0 Å². The van der Waals surface area contributed by atoms with Gasteiger partial charge in [-0.2, -0.15) is 0 Å². The summed E-state index contributed by atoms with van der Waals surface area (Å²) in [6.45, 7) is 1.02. The molecule has 1 aliphatic heterocycles. The van der Waals surface area contributed by atoms with Crippen LogP contribution in [-0.4, -0.2) is 22.6 Å². The topological polar surface area (TPSA) is 43.6 Å². The number of H-pyrrole nitrogens is 2. The van der Waals surface area contributed by atoms with Crippen molar-refractivity contribution >= 4 is 21.8 Å². The molecule has 3 atom stereocenters. The Morgan fingerprint density at radius 2 is 1.36 bits per heavy atom. The molecule has 1 fully saturated rings. The first-order valence-electron chi connectivity index (χ1n) is 10.1. The summed E-state index contributed by atoms with van der Waals surface area (Å²) in [4.78, 5) is 7.02. The molecule has 3 unspecified atom stereocenters. The highest BCUT2D eigenvalue weighted by atomic mass is 15.0. The van der Waals surface area contributed by atoms with Gasteiger partial charge in [0.15, 0.2) is 0 Å². The van der Waals surface area contributed by atoms with Gasteiger partial charge in [0.25, 0.3) is 0 Å². The van der Waals surface area contributed by atoms with Crippen molar-refractivity contribution in [2.75, 3.05) is 6.54 Å². The number of rotatable bonds is 3. The Morgan fingerprint density at radius 3 is 2.04 bits per heavy atom. The van der Waals surface area contributed by atoms with E-state index in [0.717, 1.165) is 6.54 Å². The molecule has 2 aliphatic rings. The van der Waals surface area contributed by atoms with Gasteiger partial charge >= 0.3 is 0 Å². The number of nitrogens with one attached hydrogen (secondary N) is 3. The maximum atomic E-state index is 3.75. The fraction of sp³-hybridized carbons (Fsp3) is 0.200. The monoisotopic (exact) mass is 365 g/mol. The highest BCUT2D eigenvalue weighted by Crippen LogP contribution is 2.45. The van der Waals surface area contributed by atoms with Crippen molar-refractivity contribution in [1.29, 1.82) is 0 Å². The zero-order valence-corrected chi connectivity index (χ0v) is 15.6. The highest BCUT2D eigenvalue weighted by molar-refractivity contribution is 5.88. The van der Waals surface area contributed by atoms with Crippen LogP contribution in [0.2, 0.25) is 0 Å². The third-order valence-electron chi connectivity index (χ3n) is 6.60. The molecule has 6 rings (SSSR count). The lowest BCUT2D eigenvalue weighted by Gasteiger charge is -2.29. The van der Waals surface area contributed by atoms with Gasteiger partial charge in [-0.25, -0.2) is 0 Å². The highest BCUT2D eigenvalue weighted by Gasteiger charge is 2.41. The van der Waals surface area contributed by atoms with Gasteiger partial charge in [-0.05, 0) is 29.2 Å². The third-order valence-corrected chi connectivity index (χ3v) is 6.60. The van der Waals surface area contributed by atoms with Crippen LogP contribution >= 0.6 is 0 Å². The van der Waals surface area contributed by atoms with Gasteiger partial charge < -0.3 is 15.3 Å². The van der Waals surface area contributed by atoms with Crippen LogP contribution in [0.5, 0.6) is 0 Å². The number of benzene rings is 2. The normalized spacial score (nSPS) is 23.8. The second kappa shape index (κ2) is 6.25. The SMILES string of the molecule is C1=CC2NCC(C(c3c[nH]c4ccccc34)c3c[nH]c4ccccc34)C2C=C1. The first-order chi connectivity index (χ1) is 13.9. The quantitative estimate of drug-likeness (QED) is 0.464. The van der Waals surface area contributed by atoms with Crippen molar-refractivity contribution in [1.82, 2.24) is 15.3 Å². The molecule has 2 aromatic heterocycles. The van der Waals surface area contributed by atoms with E-state index in [-0.39, 0.29) is 0 Å². The molecule has 4 aromatic rings. The van der Waals surface area contributed by atoms with Crippen LogP contribution in [0, 0.1) is 11.8 Å². The minimum absolute atomic E-state index is 0.325. The largest absolute Gasteiger partial charge is 0.361 e. The van der Waals surface area contributed by atoms with Crippen molar-refractivity contribution in [3.05, 3.63) is 96.4 Å². The van der Waals surface area contributed by atoms with Crippen LogP contribution in [0.25, 0.3) is 21.8 Å². The molecule has 2 aromatic carbocycles. The smallest absolute Gasteiger partial charge is 0.0457 e. The maximum Gasteiger partial charge on any atom is 0.0457 e. The van der Waals surface area contributed by atoms with Gasteiger partial charge in [-0.3, -0.25) is 0 Å². The van der Waals surface area contributed by atoms with E-state index in [2.05, 4.69) is 101 Å². The summed E-state index contributed by atoms with van der Waals surface area (Å²) >= 11 is 0. The molecule has 28 heavy (non-hydrogen) atoms. The standard InChI is InChI=1S/C25H23N3/c1-4-10-22-16(7-1)19(13-26-22)25(20-14-27-23-11-5-2-8-17(20)23)21-15-28-24-12-6-3-9-18(21)24/h1-14,18,21,24-28H,15H2. The maximum absolute atomic E-state index is 3.75. The average molecular weight is 365 g/mol. The number of hydrogen-bond acceptors (Lipinski definition) is 1.